The van der Waals surface area contributed by atoms with E-state index in [2.05, 4.69) is 141 Å². The summed E-state index contributed by atoms with van der Waals surface area (Å²) in [6.45, 7) is 6.71. The number of halogens is 1. The van der Waals surface area contributed by atoms with Gasteiger partial charge < -0.3 is 4.90 Å². The molecule has 0 saturated carbocycles. The van der Waals surface area contributed by atoms with E-state index in [0.29, 0.717) is 0 Å². The van der Waals surface area contributed by atoms with Crippen LogP contribution in [0.3, 0.4) is 0 Å². The van der Waals surface area contributed by atoms with E-state index in [0.717, 1.165) is 10.7 Å². The monoisotopic (exact) mass is 497 g/mol. The number of nitrogens with zero attached hydrogens (tertiary/aromatic N) is 1. The average Bonchev–Trinajstić information content (AvgIpc) is 3.20. The first kappa shape index (κ1) is 22.4. The van der Waals surface area contributed by atoms with Gasteiger partial charge in [-0.3, -0.25) is 0 Å². The molecule has 2 heteroatoms. The van der Waals surface area contributed by atoms with Gasteiger partial charge in [-0.2, -0.15) is 0 Å². The van der Waals surface area contributed by atoms with Crippen molar-refractivity contribution < 1.29 is 0 Å². The minimum Gasteiger partial charge on any atom is -0.310 e. The van der Waals surface area contributed by atoms with Gasteiger partial charge in [-0.15, -0.1) is 0 Å². The summed E-state index contributed by atoms with van der Waals surface area (Å²) in [4.78, 5) is 2.40. The fourth-order valence-corrected chi connectivity index (χ4v) is 6.71. The topological polar surface area (TPSA) is 3.24 Å². The van der Waals surface area contributed by atoms with Crippen LogP contribution in [0.25, 0.3) is 11.1 Å². The molecular weight excluding hydrogens is 470 g/mol. The number of rotatable bonds is 1. The fourth-order valence-electron chi connectivity index (χ4n) is 6.48. The Kier molecular flexibility index (Phi) is 4.75. The van der Waals surface area contributed by atoms with Crippen molar-refractivity contribution in [3.63, 3.8) is 0 Å². The summed E-state index contributed by atoms with van der Waals surface area (Å²) in [5.74, 6) is 0. The van der Waals surface area contributed by atoms with E-state index in [9.17, 15) is 0 Å². The summed E-state index contributed by atoms with van der Waals surface area (Å²) in [6.07, 6.45) is 0. The van der Waals surface area contributed by atoms with Crippen LogP contribution >= 0.6 is 11.6 Å². The highest BCUT2D eigenvalue weighted by Gasteiger charge is 2.51. The van der Waals surface area contributed by atoms with Crippen molar-refractivity contribution in [3.05, 3.63) is 148 Å². The first-order valence-corrected chi connectivity index (χ1v) is 13.3. The second-order valence-electron chi connectivity index (χ2n) is 11.2. The molecule has 2 aliphatic rings. The van der Waals surface area contributed by atoms with Crippen LogP contribution < -0.4 is 4.90 Å². The summed E-state index contributed by atoms with van der Waals surface area (Å²) in [5.41, 5.74) is 12.2. The molecule has 180 valence electrons. The fraction of sp³-hybridized carbons (Fsp3) is 0.143. The van der Waals surface area contributed by atoms with Crippen LogP contribution in [0, 0.1) is 0 Å². The van der Waals surface area contributed by atoms with Crippen LogP contribution in [0.4, 0.5) is 17.1 Å². The molecule has 7 rings (SSSR count). The van der Waals surface area contributed by atoms with Gasteiger partial charge >= 0.3 is 0 Å². The van der Waals surface area contributed by atoms with Gasteiger partial charge in [0.05, 0.1) is 16.8 Å². The lowest BCUT2D eigenvalue weighted by Crippen LogP contribution is -2.36. The summed E-state index contributed by atoms with van der Waals surface area (Å²) in [7, 11) is 0. The summed E-state index contributed by atoms with van der Waals surface area (Å²) < 4.78 is 0. The van der Waals surface area contributed by atoms with Crippen LogP contribution in [0.15, 0.2) is 115 Å². The van der Waals surface area contributed by atoms with Crippen molar-refractivity contribution in [3.8, 4) is 11.1 Å². The number of fused-ring (bicyclic) bond motifs is 9. The molecule has 0 saturated heterocycles. The number of para-hydroxylation sites is 2. The lowest BCUT2D eigenvalue weighted by molar-refractivity contribution is 0.590. The van der Waals surface area contributed by atoms with Crippen LogP contribution in [-0.4, -0.2) is 0 Å². The molecule has 0 fully saturated rings. The smallest absolute Gasteiger partial charge is 0.0754 e. The van der Waals surface area contributed by atoms with E-state index in [1.807, 2.05) is 0 Å². The lowest BCUT2D eigenvalue weighted by Gasteiger charge is -2.45. The highest BCUT2D eigenvalue weighted by molar-refractivity contribution is 6.31. The largest absolute Gasteiger partial charge is 0.310 e. The van der Waals surface area contributed by atoms with Crippen molar-refractivity contribution in [2.75, 3.05) is 4.90 Å². The zero-order valence-electron chi connectivity index (χ0n) is 21.3. The van der Waals surface area contributed by atoms with Crippen molar-refractivity contribution in [1.29, 1.82) is 0 Å². The molecule has 0 amide bonds. The van der Waals surface area contributed by atoms with Crippen molar-refractivity contribution in [1.82, 2.24) is 0 Å². The SMILES string of the molecule is CC(C)(C)c1cc(Cl)cc(N2c3ccccc3C3(c4ccccc4-c4ccccc43)c3ccccc32)c1. The predicted molar refractivity (Wildman–Crippen MR) is 156 cm³/mol. The third kappa shape index (κ3) is 3.04. The quantitative estimate of drug-likeness (QED) is 0.218. The van der Waals surface area contributed by atoms with E-state index in [4.69, 9.17) is 11.6 Å². The minimum absolute atomic E-state index is 0.0149. The predicted octanol–water partition coefficient (Wildman–Crippen LogP) is 9.78. The highest BCUT2D eigenvalue weighted by atomic mass is 35.5. The van der Waals surface area contributed by atoms with Crippen molar-refractivity contribution >= 4 is 28.7 Å². The zero-order chi connectivity index (χ0) is 25.4. The molecule has 1 aliphatic carbocycles. The molecule has 0 unspecified atom stereocenters. The number of benzene rings is 5. The van der Waals surface area contributed by atoms with E-state index in [-0.39, 0.29) is 10.8 Å². The molecule has 0 radical (unpaired) electrons. The van der Waals surface area contributed by atoms with Gasteiger partial charge in [0.25, 0.3) is 0 Å². The van der Waals surface area contributed by atoms with Crippen LogP contribution in [0.1, 0.15) is 48.6 Å². The van der Waals surface area contributed by atoms with E-state index >= 15 is 0 Å². The van der Waals surface area contributed by atoms with Gasteiger partial charge in [0.15, 0.2) is 0 Å². The Balaban J connectivity index is 1.60. The van der Waals surface area contributed by atoms with Gasteiger partial charge in [0, 0.05) is 10.7 Å². The van der Waals surface area contributed by atoms with E-state index in [1.54, 1.807) is 0 Å². The lowest BCUT2D eigenvalue weighted by atomic mass is 9.64. The molecule has 0 atom stereocenters. The normalized spacial score (nSPS) is 14.6. The maximum Gasteiger partial charge on any atom is 0.0754 e. The number of hydrogen-bond donors (Lipinski definition) is 0. The second-order valence-corrected chi connectivity index (χ2v) is 11.6. The Morgan fingerprint density at radius 1 is 0.568 bits per heavy atom. The van der Waals surface area contributed by atoms with Crippen LogP contribution in [-0.2, 0) is 10.8 Å². The summed E-state index contributed by atoms with van der Waals surface area (Å²) in [6, 6.07) is 42.1. The molecule has 1 aliphatic heterocycles. The van der Waals surface area contributed by atoms with Gasteiger partial charge in [-0.25, -0.2) is 0 Å². The Morgan fingerprint density at radius 3 is 1.54 bits per heavy atom. The van der Waals surface area contributed by atoms with Crippen LogP contribution in [0.5, 0.6) is 0 Å². The number of anilines is 3. The van der Waals surface area contributed by atoms with E-state index < -0.39 is 0 Å². The van der Waals surface area contributed by atoms with Gasteiger partial charge in [0.1, 0.15) is 0 Å². The maximum atomic E-state index is 6.76. The second kappa shape index (κ2) is 7.84. The molecule has 37 heavy (non-hydrogen) atoms. The third-order valence-corrected chi connectivity index (χ3v) is 8.28. The average molecular weight is 498 g/mol. The minimum atomic E-state index is -0.387. The number of hydrogen-bond acceptors (Lipinski definition) is 1. The van der Waals surface area contributed by atoms with Crippen molar-refractivity contribution in [2.24, 2.45) is 0 Å². The van der Waals surface area contributed by atoms with Crippen molar-refractivity contribution in [2.45, 2.75) is 31.6 Å². The molecule has 0 aromatic heterocycles. The standard InChI is InChI=1S/C35H28ClN/c1-34(2,3)23-20-24(36)22-25(21-23)37-32-18-10-8-16-30(32)35(31-17-9-11-19-33(31)37)28-14-6-4-12-26(28)27-13-5-7-15-29(27)35/h4-22H,1-3H3. The molecule has 0 N–H and O–H groups in total. The Labute approximate surface area is 224 Å². The molecule has 0 bridgehead atoms. The molecule has 5 aromatic carbocycles. The summed E-state index contributed by atoms with van der Waals surface area (Å²) >= 11 is 6.76. The highest BCUT2D eigenvalue weighted by Crippen LogP contribution is 2.63. The molecule has 1 heterocycles. The first-order chi connectivity index (χ1) is 17.9. The van der Waals surface area contributed by atoms with Gasteiger partial charge in [0.2, 0.25) is 0 Å². The third-order valence-electron chi connectivity index (χ3n) is 8.06. The zero-order valence-corrected chi connectivity index (χ0v) is 22.1. The first-order valence-electron chi connectivity index (χ1n) is 12.9. The molecule has 1 nitrogen and oxygen atoms in total. The molecular formula is C35H28ClN. The van der Waals surface area contributed by atoms with Gasteiger partial charge in [-0.1, -0.05) is 117 Å². The Hall–Kier alpha value is -3.81. The molecule has 1 spiro atoms. The van der Waals surface area contributed by atoms with Crippen LogP contribution in [0.2, 0.25) is 5.02 Å². The molecule has 5 aromatic rings. The van der Waals surface area contributed by atoms with Gasteiger partial charge in [-0.05, 0) is 74.7 Å². The van der Waals surface area contributed by atoms with E-state index in [1.165, 1.54) is 50.3 Å². The Bertz CT molecular complexity index is 1600. The maximum absolute atomic E-state index is 6.76. The Morgan fingerprint density at radius 2 is 1.03 bits per heavy atom. The summed E-state index contributed by atoms with van der Waals surface area (Å²) in [5, 5.41) is 0.759.